The molecule has 0 aliphatic carbocycles. The first-order chi connectivity index (χ1) is 3.72. The Bertz CT molecular complexity index is 116. The van der Waals surface area contributed by atoms with Crippen LogP contribution in [0.15, 0.2) is 10.6 Å². The van der Waals surface area contributed by atoms with Crippen molar-refractivity contribution in [1.82, 2.24) is 0 Å². The maximum atomic E-state index is 10.6. The minimum absolute atomic E-state index is 0.196. The topological polar surface area (TPSA) is 17.1 Å². The number of allylic oxidation sites excluding steroid dienone is 1. The lowest BCUT2D eigenvalue weighted by Gasteiger charge is -1.90. The molecule has 0 N–H and O–H groups in total. The van der Waals surface area contributed by atoms with Crippen LogP contribution in [0, 0.1) is 0 Å². The van der Waals surface area contributed by atoms with E-state index in [9.17, 15) is 4.79 Å². The van der Waals surface area contributed by atoms with E-state index in [4.69, 9.17) is 0 Å². The number of hydrogen-bond acceptors (Lipinski definition) is 1. The summed E-state index contributed by atoms with van der Waals surface area (Å²) < 4.78 is 0. The number of ketones is 1. The van der Waals surface area contributed by atoms with Crippen molar-refractivity contribution in [1.29, 1.82) is 0 Å². The van der Waals surface area contributed by atoms with E-state index in [0.29, 0.717) is 6.42 Å². The second-order valence-corrected chi connectivity index (χ2v) is 2.03. The first-order valence-corrected chi connectivity index (χ1v) is 3.44. The van der Waals surface area contributed by atoms with Gasteiger partial charge in [0.1, 0.15) is 0 Å². The van der Waals surface area contributed by atoms with E-state index in [1.807, 2.05) is 6.92 Å². The lowest BCUT2D eigenvalue weighted by molar-refractivity contribution is -0.115. The van der Waals surface area contributed by atoms with Gasteiger partial charge in [0.25, 0.3) is 0 Å². The van der Waals surface area contributed by atoms with Gasteiger partial charge in [0.2, 0.25) is 0 Å². The predicted octanol–water partition coefficient (Wildman–Crippen LogP) is 2.26. The Morgan fingerprint density at radius 2 is 2.25 bits per heavy atom. The SMILES string of the molecule is CCC(=O)/C(C)=C\Br. The molecule has 0 aromatic heterocycles. The Morgan fingerprint density at radius 1 is 1.75 bits per heavy atom. The Balaban J connectivity index is 3.83. The smallest absolute Gasteiger partial charge is 0.158 e. The van der Waals surface area contributed by atoms with Crippen molar-refractivity contribution >= 4 is 21.7 Å². The van der Waals surface area contributed by atoms with E-state index < -0.39 is 0 Å². The third-order valence-electron chi connectivity index (χ3n) is 0.925. The number of carbonyl (C=O) groups is 1. The van der Waals surface area contributed by atoms with Crippen LogP contribution in [0.25, 0.3) is 0 Å². The van der Waals surface area contributed by atoms with Gasteiger partial charge in [0, 0.05) is 6.42 Å². The molecule has 0 radical (unpaired) electrons. The summed E-state index contributed by atoms with van der Waals surface area (Å²) >= 11 is 3.07. The van der Waals surface area contributed by atoms with Gasteiger partial charge in [0.05, 0.1) is 0 Å². The minimum atomic E-state index is 0.196. The van der Waals surface area contributed by atoms with E-state index in [0.717, 1.165) is 5.57 Å². The van der Waals surface area contributed by atoms with E-state index in [-0.39, 0.29) is 5.78 Å². The molecule has 2 heteroatoms. The van der Waals surface area contributed by atoms with Gasteiger partial charge in [0.15, 0.2) is 5.78 Å². The quantitative estimate of drug-likeness (QED) is 0.591. The van der Waals surface area contributed by atoms with Gasteiger partial charge >= 0.3 is 0 Å². The fraction of sp³-hybridized carbons (Fsp3) is 0.500. The van der Waals surface area contributed by atoms with E-state index in [2.05, 4.69) is 15.9 Å². The zero-order chi connectivity index (χ0) is 6.57. The summed E-state index contributed by atoms with van der Waals surface area (Å²) in [5, 5.41) is 0. The molecule has 1 nitrogen and oxygen atoms in total. The second kappa shape index (κ2) is 3.84. The van der Waals surface area contributed by atoms with Crippen LogP contribution in [0.3, 0.4) is 0 Å². The van der Waals surface area contributed by atoms with Gasteiger partial charge in [-0.25, -0.2) is 0 Å². The van der Waals surface area contributed by atoms with E-state index in [1.165, 1.54) is 0 Å². The van der Waals surface area contributed by atoms with Crippen LogP contribution in [-0.4, -0.2) is 5.78 Å². The van der Waals surface area contributed by atoms with Crippen molar-refractivity contribution in [2.45, 2.75) is 20.3 Å². The van der Waals surface area contributed by atoms with Crippen LogP contribution >= 0.6 is 15.9 Å². The maximum Gasteiger partial charge on any atom is 0.158 e. The second-order valence-electron chi connectivity index (χ2n) is 1.57. The highest BCUT2D eigenvalue weighted by molar-refractivity contribution is 9.11. The van der Waals surface area contributed by atoms with Gasteiger partial charge < -0.3 is 0 Å². The first-order valence-electron chi connectivity index (χ1n) is 2.52. The summed E-state index contributed by atoms with van der Waals surface area (Å²) in [5.74, 6) is 0.196. The average molecular weight is 177 g/mol. The highest BCUT2D eigenvalue weighted by Gasteiger charge is 1.96. The molecule has 0 aliphatic heterocycles. The summed E-state index contributed by atoms with van der Waals surface area (Å²) in [6.45, 7) is 3.64. The van der Waals surface area contributed by atoms with Gasteiger partial charge in [-0.1, -0.05) is 22.9 Å². The zero-order valence-corrected chi connectivity index (χ0v) is 6.66. The van der Waals surface area contributed by atoms with Crippen LogP contribution in [0.2, 0.25) is 0 Å². The Kier molecular flexibility index (Phi) is 3.79. The Labute approximate surface area is 57.9 Å². The summed E-state index contributed by atoms with van der Waals surface area (Å²) in [4.78, 5) is 12.3. The highest BCUT2D eigenvalue weighted by Crippen LogP contribution is 2.00. The van der Waals surface area contributed by atoms with Crippen LogP contribution in [0.4, 0.5) is 0 Å². The monoisotopic (exact) mass is 176 g/mol. The summed E-state index contributed by atoms with van der Waals surface area (Å²) in [6.07, 6.45) is 0.591. The fourth-order valence-corrected chi connectivity index (χ4v) is 0.595. The molecule has 0 atom stereocenters. The minimum Gasteiger partial charge on any atom is -0.295 e. The molecule has 0 aromatic rings. The number of rotatable bonds is 2. The molecule has 8 heavy (non-hydrogen) atoms. The molecule has 0 aromatic carbocycles. The van der Waals surface area contributed by atoms with Crippen LogP contribution < -0.4 is 0 Å². The summed E-state index contributed by atoms with van der Waals surface area (Å²) in [5.41, 5.74) is 0.785. The molecule has 0 aliphatic rings. The highest BCUT2D eigenvalue weighted by atomic mass is 79.9. The predicted molar refractivity (Wildman–Crippen MR) is 38.0 cm³/mol. The number of carbonyl (C=O) groups excluding carboxylic acids is 1. The van der Waals surface area contributed by atoms with Crippen LogP contribution in [0.1, 0.15) is 20.3 Å². The lowest BCUT2D eigenvalue weighted by Crippen LogP contribution is -1.94. The third kappa shape index (κ3) is 2.26. The van der Waals surface area contributed by atoms with E-state index >= 15 is 0 Å². The number of hydrogen-bond donors (Lipinski definition) is 0. The van der Waals surface area contributed by atoms with Gasteiger partial charge in [-0.05, 0) is 17.5 Å². The normalized spacial score (nSPS) is 11.6. The zero-order valence-electron chi connectivity index (χ0n) is 5.07. The molecule has 0 saturated carbocycles. The summed E-state index contributed by atoms with van der Waals surface area (Å²) in [7, 11) is 0. The average Bonchev–Trinajstić information content (AvgIpc) is 1.84. The van der Waals surface area contributed by atoms with Crippen molar-refractivity contribution in [3.05, 3.63) is 10.6 Å². The fourth-order valence-electron chi connectivity index (χ4n) is 0.340. The van der Waals surface area contributed by atoms with Crippen molar-refractivity contribution in [2.24, 2.45) is 0 Å². The molecule has 46 valence electrons. The molecular formula is C6H9BrO. The molecule has 0 saturated heterocycles. The largest absolute Gasteiger partial charge is 0.295 e. The van der Waals surface area contributed by atoms with Gasteiger partial charge in [-0.15, -0.1) is 0 Å². The maximum absolute atomic E-state index is 10.6. The first kappa shape index (κ1) is 7.89. The van der Waals surface area contributed by atoms with Crippen LogP contribution in [-0.2, 0) is 4.79 Å². The molecule has 0 bridgehead atoms. The molecule has 0 fully saturated rings. The van der Waals surface area contributed by atoms with Crippen molar-refractivity contribution in [3.63, 3.8) is 0 Å². The van der Waals surface area contributed by atoms with Crippen molar-refractivity contribution in [2.75, 3.05) is 0 Å². The summed E-state index contributed by atoms with van der Waals surface area (Å²) in [6, 6.07) is 0. The molecule has 0 rings (SSSR count). The standard InChI is InChI=1S/C6H9BrO/c1-3-6(8)5(2)4-7/h4H,3H2,1-2H3/b5-4-. The van der Waals surface area contributed by atoms with Crippen molar-refractivity contribution < 1.29 is 4.79 Å². The molecule has 0 unspecified atom stereocenters. The lowest BCUT2D eigenvalue weighted by atomic mass is 10.2. The number of Topliss-reactive ketones (excluding diaryl/α,β-unsaturated/α-hetero) is 1. The molecule has 0 spiro atoms. The van der Waals surface area contributed by atoms with Gasteiger partial charge in [-0.2, -0.15) is 0 Å². The van der Waals surface area contributed by atoms with Gasteiger partial charge in [-0.3, -0.25) is 4.79 Å². The molecule has 0 amide bonds. The van der Waals surface area contributed by atoms with Crippen LogP contribution in [0.5, 0.6) is 0 Å². The van der Waals surface area contributed by atoms with Crippen molar-refractivity contribution in [3.8, 4) is 0 Å². The molecular weight excluding hydrogens is 168 g/mol. The third-order valence-corrected chi connectivity index (χ3v) is 1.61. The number of halogens is 1. The van der Waals surface area contributed by atoms with E-state index in [1.54, 1.807) is 11.9 Å². The molecule has 0 heterocycles. The Morgan fingerprint density at radius 3 is 2.38 bits per heavy atom. The Hall–Kier alpha value is -0.110.